The van der Waals surface area contributed by atoms with Gasteiger partial charge in [0.2, 0.25) is 10.0 Å². The Labute approximate surface area is 70.9 Å². The van der Waals surface area contributed by atoms with Crippen LogP contribution < -0.4 is 4.72 Å². The summed E-state index contributed by atoms with van der Waals surface area (Å²) in [5.74, 6) is -0.128. The van der Waals surface area contributed by atoms with Crippen molar-refractivity contribution >= 4 is 10.0 Å². The molecule has 1 aromatic rings. The molecule has 0 saturated heterocycles. The van der Waals surface area contributed by atoms with Gasteiger partial charge in [0.05, 0.1) is 5.69 Å². The van der Waals surface area contributed by atoms with Gasteiger partial charge in [-0.15, -0.1) is 0 Å². The van der Waals surface area contributed by atoms with Crippen LogP contribution in [0.25, 0.3) is 0 Å². The second kappa shape index (κ2) is 3.59. The standard InChI is InChI=1S/C6H9N3O2S/c1-7-12(10,11)5-6-4-8-2-3-9-6/h2-4,7H,5H2,1H3. The molecule has 1 N–H and O–H groups in total. The van der Waals surface area contributed by atoms with Gasteiger partial charge in [-0.05, 0) is 7.05 Å². The third kappa shape index (κ3) is 2.55. The lowest BCUT2D eigenvalue weighted by molar-refractivity contribution is 0.586. The number of sulfonamides is 1. The number of rotatable bonds is 3. The molecule has 0 aliphatic heterocycles. The van der Waals surface area contributed by atoms with Crippen molar-refractivity contribution in [3.8, 4) is 0 Å². The van der Waals surface area contributed by atoms with Crippen LogP contribution in [0.3, 0.4) is 0 Å². The molecule has 6 heteroatoms. The third-order valence-corrected chi connectivity index (χ3v) is 2.56. The molecule has 66 valence electrons. The van der Waals surface area contributed by atoms with Gasteiger partial charge in [-0.3, -0.25) is 9.97 Å². The van der Waals surface area contributed by atoms with Crippen molar-refractivity contribution in [2.24, 2.45) is 0 Å². The molecule has 0 unspecified atom stereocenters. The topological polar surface area (TPSA) is 72.0 Å². The normalized spacial score (nSPS) is 11.4. The summed E-state index contributed by atoms with van der Waals surface area (Å²) in [5, 5.41) is 0. The quantitative estimate of drug-likeness (QED) is 0.694. The fraction of sp³-hybridized carbons (Fsp3) is 0.333. The van der Waals surface area contributed by atoms with Gasteiger partial charge in [-0.2, -0.15) is 0 Å². The van der Waals surface area contributed by atoms with Gasteiger partial charge >= 0.3 is 0 Å². The summed E-state index contributed by atoms with van der Waals surface area (Å²) in [4.78, 5) is 7.58. The smallest absolute Gasteiger partial charge is 0.217 e. The number of nitrogens with one attached hydrogen (secondary N) is 1. The predicted octanol–water partition coefficient (Wildman–Crippen LogP) is -0.474. The van der Waals surface area contributed by atoms with Gasteiger partial charge < -0.3 is 0 Å². The fourth-order valence-corrected chi connectivity index (χ4v) is 1.35. The molecule has 12 heavy (non-hydrogen) atoms. The largest absolute Gasteiger partial charge is 0.261 e. The van der Waals surface area contributed by atoms with E-state index in [1.165, 1.54) is 25.6 Å². The maximum atomic E-state index is 11.0. The van der Waals surface area contributed by atoms with Crippen LogP contribution in [0.4, 0.5) is 0 Å². The summed E-state index contributed by atoms with van der Waals surface area (Å²) in [5.41, 5.74) is 0.437. The lowest BCUT2D eigenvalue weighted by atomic mass is 10.5. The van der Waals surface area contributed by atoms with E-state index < -0.39 is 10.0 Å². The van der Waals surface area contributed by atoms with Crippen LogP contribution in [0, 0.1) is 0 Å². The average Bonchev–Trinajstić information content (AvgIpc) is 2.06. The molecule has 5 nitrogen and oxygen atoms in total. The molecule has 0 bridgehead atoms. The van der Waals surface area contributed by atoms with Gasteiger partial charge in [0.25, 0.3) is 0 Å². The van der Waals surface area contributed by atoms with Gasteiger partial charge in [0.1, 0.15) is 5.75 Å². The molecule has 0 amide bonds. The van der Waals surface area contributed by atoms with Crippen molar-refractivity contribution in [2.75, 3.05) is 7.05 Å². The first-order chi connectivity index (χ1) is 5.64. The Morgan fingerprint density at radius 1 is 1.50 bits per heavy atom. The minimum Gasteiger partial charge on any atom is -0.261 e. The second-order valence-corrected chi connectivity index (χ2v) is 4.09. The average molecular weight is 187 g/mol. The Hall–Kier alpha value is -1.01. The highest BCUT2D eigenvalue weighted by atomic mass is 32.2. The SMILES string of the molecule is CNS(=O)(=O)Cc1cnccn1. The van der Waals surface area contributed by atoms with Crippen molar-refractivity contribution in [1.29, 1.82) is 0 Å². The molecule has 0 fully saturated rings. The summed E-state index contributed by atoms with van der Waals surface area (Å²) >= 11 is 0. The van der Waals surface area contributed by atoms with E-state index in [-0.39, 0.29) is 5.75 Å². The van der Waals surface area contributed by atoms with Gasteiger partial charge in [0, 0.05) is 18.6 Å². The summed E-state index contributed by atoms with van der Waals surface area (Å²) < 4.78 is 24.2. The summed E-state index contributed by atoms with van der Waals surface area (Å²) in [6, 6.07) is 0. The van der Waals surface area contributed by atoms with Gasteiger partial charge in [0.15, 0.2) is 0 Å². The van der Waals surface area contributed by atoms with E-state index in [1.807, 2.05) is 0 Å². The first-order valence-corrected chi connectivity index (χ1v) is 4.95. The Kier molecular flexibility index (Phi) is 2.72. The maximum Gasteiger partial charge on any atom is 0.217 e. The van der Waals surface area contributed by atoms with Crippen LogP contribution in [-0.2, 0) is 15.8 Å². The monoisotopic (exact) mass is 187 g/mol. The number of hydrogen-bond donors (Lipinski definition) is 1. The van der Waals surface area contributed by atoms with E-state index in [0.717, 1.165) is 0 Å². The fourth-order valence-electron chi connectivity index (χ4n) is 0.671. The Morgan fingerprint density at radius 3 is 2.75 bits per heavy atom. The van der Waals surface area contributed by atoms with Crippen molar-refractivity contribution in [2.45, 2.75) is 5.75 Å². The van der Waals surface area contributed by atoms with Crippen molar-refractivity contribution in [1.82, 2.24) is 14.7 Å². The summed E-state index contributed by atoms with van der Waals surface area (Å²) in [6.07, 6.45) is 4.38. The molecular formula is C6H9N3O2S. The molecule has 0 saturated carbocycles. The van der Waals surface area contributed by atoms with E-state index in [2.05, 4.69) is 14.7 Å². The van der Waals surface area contributed by atoms with E-state index in [4.69, 9.17) is 0 Å². The lowest BCUT2D eigenvalue weighted by Gasteiger charge is -1.99. The Bertz CT molecular complexity index is 335. The van der Waals surface area contributed by atoms with Crippen molar-refractivity contribution in [3.63, 3.8) is 0 Å². The molecule has 0 aliphatic rings. The highest BCUT2D eigenvalue weighted by molar-refractivity contribution is 7.88. The zero-order valence-corrected chi connectivity index (χ0v) is 7.37. The Balaban J connectivity index is 2.78. The van der Waals surface area contributed by atoms with E-state index >= 15 is 0 Å². The highest BCUT2D eigenvalue weighted by Crippen LogP contribution is 1.96. The predicted molar refractivity (Wildman–Crippen MR) is 43.7 cm³/mol. The van der Waals surface area contributed by atoms with Crippen LogP contribution in [0.1, 0.15) is 5.69 Å². The second-order valence-electron chi connectivity index (χ2n) is 2.16. The summed E-state index contributed by atoms with van der Waals surface area (Å²) in [6.45, 7) is 0. The lowest BCUT2D eigenvalue weighted by Crippen LogP contribution is -2.20. The molecule has 0 aromatic carbocycles. The molecule has 1 rings (SSSR count). The zero-order chi connectivity index (χ0) is 9.03. The molecule has 1 aromatic heterocycles. The van der Waals surface area contributed by atoms with Gasteiger partial charge in [-0.1, -0.05) is 0 Å². The van der Waals surface area contributed by atoms with Crippen molar-refractivity contribution in [3.05, 3.63) is 24.3 Å². The van der Waals surface area contributed by atoms with Crippen LogP contribution in [0.5, 0.6) is 0 Å². The molecule has 0 spiro atoms. The third-order valence-electron chi connectivity index (χ3n) is 1.27. The molecule has 0 radical (unpaired) electrons. The summed E-state index contributed by atoms with van der Waals surface area (Å²) in [7, 11) is -1.86. The van der Waals surface area contributed by atoms with E-state index in [9.17, 15) is 8.42 Å². The van der Waals surface area contributed by atoms with Crippen LogP contribution in [-0.4, -0.2) is 25.4 Å². The van der Waals surface area contributed by atoms with E-state index in [0.29, 0.717) is 5.69 Å². The number of hydrogen-bond acceptors (Lipinski definition) is 4. The zero-order valence-electron chi connectivity index (χ0n) is 6.56. The van der Waals surface area contributed by atoms with Crippen molar-refractivity contribution < 1.29 is 8.42 Å². The van der Waals surface area contributed by atoms with Gasteiger partial charge in [-0.25, -0.2) is 13.1 Å². The number of aromatic nitrogens is 2. The molecule has 0 aliphatic carbocycles. The molecular weight excluding hydrogens is 178 g/mol. The minimum atomic E-state index is -3.23. The van der Waals surface area contributed by atoms with Crippen LogP contribution >= 0.6 is 0 Å². The van der Waals surface area contributed by atoms with Crippen LogP contribution in [0.15, 0.2) is 18.6 Å². The number of nitrogens with zero attached hydrogens (tertiary/aromatic N) is 2. The highest BCUT2D eigenvalue weighted by Gasteiger charge is 2.08. The molecule has 0 atom stereocenters. The minimum absolute atomic E-state index is 0.128. The maximum absolute atomic E-state index is 11.0. The molecule has 1 heterocycles. The first kappa shape index (κ1) is 9.08. The first-order valence-electron chi connectivity index (χ1n) is 3.30. The van der Waals surface area contributed by atoms with Crippen LogP contribution in [0.2, 0.25) is 0 Å². The van der Waals surface area contributed by atoms with E-state index in [1.54, 1.807) is 0 Å². The Morgan fingerprint density at radius 2 is 2.25 bits per heavy atom.